The monoisotopic (exact) mass is 403 g/mol. The molecule has 0 aliphatic carbocycles. The standard InChI is InChI=1S/C21H33N5O3/c1-3-22-20(25-9-11-26(12-10-25)21(27)29-4-2)23-17-18-5-7-19(8-6-18)24-13-15-28-16-14-24/h5-8H,3-4,9-17H2,1-2H3,(H,22,23). The first-order chi connectivity index (χ1) is 14.2. The van der Waals surface area contributed by atoms with Crippen molar-refractivity contribution in [1.29, 1.82) is 0 Å². The molecule has 8 nitrogen and oxygen atoms in total. The van der Waals surface area contributed by atoms with Gasteiger partial charge in [-0.15, -0.1) is 0 Å². The van der Waals surface area contributed by atoms with Crippen LogP contribution in [0.25, 0.3) is 0 Å². The number of carbonyl (C=O) groups is 1. The summed E-state index contributed by atoms with van der Waals surface area (Å²) in [5.41, 5.74) is 2.42. The van der Waals surface area contributed by atoms with Gasteiger partial charge in [0.05, 0.1) is 26.4 Å². The number of nitrogens with one attached hydrogen (secondary N) is 1. The van der Waals surface area contributed by atoms with Gasteiger partial charge in [-0.25, -0.2) is 9.79 Å². The predicted molar refractivity (Wildman–Crippen MR) is 114 cm³/mol. The van der Waals surface area contributed by atoms with Gasteiger partial charge in [0.15, 0.2) is 5.96 Å². The number of nitrogens with zero attached hydrogens (tertiary/aromatic N) is 4. The Morgan fingerprint density at radius 1 is 1.03 bits per heavy atom. The minimum atomic E-state index is -0.227. The summed E-state index contributed by atoms with van der Waals surface area (Å²) in [4.78, 5) is 23.0. The number of amides is 1. The SMILES string of the molecule is CCNC(=NCc1ccc(N2CCOCC2)cc1)N1CCN(C(=O)OCC)CC1. The van der Waals surface area contributed by atoms with Crippen molar-refractivity contribution < 1.29 is 14.3 Å². The second kappa shape index (κ2) is 10.9. The maximum atomic E-state index is 11.9. The number of benzene rings is 1. The van der Waals surface area contributed by atoms with Crippen LogP contribution in [-0.4, -0.2) is 87.5 Å². The lowest BCUT2D eigenvalue weighted by Gasteiger charge is -2.35. The van der Waals surface area contributed by atoms with Gasteiger partial charge in [-0.05, 0) is 31.5 Å². The highest BCUT2D eigenvalue weighted by atomic mass is 16.6. The van der Waals surface area contributed by atoms with Crippen molar-refractivity contribution in [3.05, 3.63) is 29.8 Å². The molecule has 160 valence electrons. The maximum absolute atomic E-state index is 11.9. The van der Waals surface area contributed by atoms with Crippen LogP contribution in [0.2, 0.25) is 0 Å². The van der Waals surface area contributed by atoms with E-state index < -0.39 is 0 Å². The van der Waals surface area contributed by atoms with Gasteiger partial charge in [-0.1, -0.05) is 12.1 Å². The van der Waals surface area contributed by atoms with E-state index in [1.165, 1.54) is 11.3 Å². The molecule has 0 saturated carbocycles. The Morgan fingerprint density at radius 2 is 1.69 bits per heavy atom. The zero-order valence-corrected chi connectivity index (χ0v) is 17.6. The molecule has 3 rings (SSSR count). The van der Waals surface area contributed by atoms with Crippen molar-refractivity contribution in [3.8, 4) is 0 Å². The molecule has 0 aromatic heterocycles. The molecule has 2 heterocycles. The van der Waals surface area contributed by atoms with Gasteiger partial charge in [0.2, 0.25) is 0 Å². The van der Waals surface area contributed by atoms with E-state index in [4.69, 9.17) is 14.5 Å². The molecule has 1 amide bonds. The number of aliphatic imine (C=N–C) groups is 1. The Kier molecular flexibility index (Phi) is 7.98. The lowest BCUT2D eigenvalue weighted by Crippen LogP contribution is -2.53. The quantitative estimate of drug-likeness (QED) is 0.597. The highest BCUT2D eigenvalue weighted by molar-refractivity contribution is 5.80. The number of morpholine rings is 1. The molecule has 0 unspecified atom stereocenters. The molecule has 0 spiro atoms. The van der Waals surface area contributed by atoms with E-state index >= 15 is 0 Å². The third kappa shape index (κ3) is 6.00. The molecule has 1 aromatic carbocycles. The summed E-state index contributed by atoms with van der Waals surface area (Å²) in [7, 11) is 0. The normalized spacial score (nSPS) is 18.0. The number of hydrogen-bond donors (Lipinski definition) is 1. The summed E-state index contributed by atoms with van der Waals surface area (Å²) in [5.74, 6) is 0.897. The van der Waals surface area contributed by atoms with Gasteiger partial charge >= 0.3 is 6.09 Å². The first-order valence-electron chi connectivity index (χ1n) is 10.6. The fourth-order valence-electron chi connectivity index (χ4n) is 3.54. The highest BCUT2D eigenvalue weighted by Crippen LogP contribution is 2.17. The van der Waals surface area contributed by atoms with Crippen molar-refractivity contribution >= 4 is 17.7 Å². The third-order valence-electron chi connectivity index (χ3n) is 5.16. The minimum absolute atomic E-state index is 0.227. The molecular formula is C21H33N5O3. The van der Waals surface area contributed by atoms with E-state index in [-0.39, 0.29) is 6.09 Å². The summed E-state index contributed by atoms with van der Waals surface area (Å²) in [6.45, 7) is 12.0. The number of carbonyl (C=O) groups excluding carboxylic acids is 1. The second-order valence-corrected chi connectivity index (χ2v) is 7.11. The molecule has 1 N–H and O–H groups in total. The molecule has 2 fully saturated rings. The third-order valence-corrected chi connectivity index (χ3v) is 5.16. The Bertz CT molecular complexity index is 665. The molecule has 1 aromatic rings. The number of piperazine rings is 1. The number of hydrogen-bond acceptors (Lipinski definition) is 5. The smallest absolute Gasteiger partial charge is 0.409 e. The van der Waals surface area contributed by atoms with Gasteiger partial charge in [0, 0.05) is 51.5 Å². The molecule has 29 heavy (non-hydrogen) atoms. The maximum Gasteiger partial charge on any atom is 0.409 e. The largest absolute Gasteiger partial charge is 0.450 e. The van der Waals surface area contributed by atoms with Crippen molar-refractivity contribution in [1.82, 2.24) is 15.1 Å². The summed E-state index contributed by atoms with van der Waals surface area (Å²) < 4.78 is 10.5. The van der Waals surface area contributed by atoms with E-state index in [0.29, 0.717) is 26.2 Å². The first kappa shape index (κ1) is 21.2. The molecule has 0 radical (unpaired) electrons. The molecule has 2 aliphatic rings. The van der Waals surface area contributed by atoms with Crippen LogP contribution in [0.15, 0.2) is 29.3 Å². The van der Waals surface area contributed by atoms with Crippen molar-refractivity contribution in [2.75, 3.05) is 70.5 Å². The molecular weight excluding hydrogens is 370 g/mol. The predicted octanol–water partition coefficient (Wildman–Crippen LogP) is 1.76. The fourth-order valence-corrected chi connectivity index (χ4v) is 3.54. The van der Waals surface area contributed by atoms with Crippen LogP contribution >= 0.6 is 0 Å². The number of ether oxygens (including phenoxy) is 2. The van der Waals surface area contributed by atoms with E-state index in [1.54, 1.807) is 4.90 Å². The van der Waals surface area contributed by atoms with Crippen LogP contribution in [0.4, 0.5) is 10.5 Å². The Hall–Kier alpha value is -2.48. The molecule has 2 aliphatic heterocycles. The highest BCUT2D eigenvalue weighted by Gasteiger charge is 2.23. The van der Waals surface area contributed by atoms with Crippen LogP contribution in [0.1, 0.15) is 19.4 Å². The Balaban J connectivity index is 1.56. The van der Waals surface area contributed by atoms with Crippen LogP contribution < -0.4 is 10.2 Å². The summed E-state index contributed by atoms with van der Waals surface area (Å²) in [6.07, 6.45) is -0.227. The zero-order valence-electron chi connectivity index (χ0n) is 17.6. The summed E-state index contributed by atoms with van der Waals surface area (Å²) >= 11 is 0. The van der Waals surface area contributed by atoms with Crippen molar-refractivity contribution in [2.45, 2.75) is 20.4 Å². The topological polar surface area (TPSA) is 69.6 Å². The zero-order chi connectivity index (χ0) is 20.5. The fraction of sp³-hybridized carbons (Fsp3) is 0.619. The van der Waals surface area contributed by atoms with Crippen LogP contribution in [0.3, 0.4) is 0 Å². The summed E-state index contributed by atoms with van der Waals surface area (Å²) in [6, 6.07) is 8.63. The van der Waals surface area contributed by atoms with E-state index in [1.807, 2.05) is 6.92 Å². The second-order valence-electron chi connectivity index (χ2n) is 7.11. The van der Waals surface area contributed by atoms with Gasteiger partial charge in [0.1, 0.15) is 0 Å². The molecule has 0 bridgehead atoms. The van der Waals surface area contributed by atoms with Gasteiger partial charge in [0.25, 0.3) is 0 Å². The molecule has 2 saturated heterocycles. The molecule has 8 heteroatoms. The van der Waals surface area contributed by atoms with Crippen LogP contribution in [0, 0.1) is 0 Å². The summed E-state index contributed by atoms with van der Waals surface area (Å²) in [5, 5.41) is 3.37. The Labute approximate surface area is 173 Å². The van der Waals surface area contributed by atoms with E-state index in [9.17, 15) is 4.79 Å². The van der Waals surface area contributed by atoms with Gasteiger partial charge in [-0.3, -0.25) is 0 Å². The van der Waals surface area contributed by atoms with Crippen molar-refractivity contribution in [3.63, 3.8) is 0 Å². The first-order valence-corrected chi connectivity index (χ1v) is 10.6. The van der Waals surface area contributed by atoms with Gasteiger partial charge < -0.3 is 29.5 Å². The Morgan fingerprint density at radius 3 is 2.31 bits per heavy atom. The average Bonchev–Trinajstić information content (AvgIpc) is 2.78. The number of anilines is 1. The minimum Gasteiger partial charge on any atom is -0.450 e. The lowest BCUT2D eigenvalue weighted by atomic mass is 10.2. The van der Waals surface area contributed by atoms with Crippen LogP contribution in [0.5, 0.6) is 0 Å². The number of guanidine groups is 1. The van der Waals surface area contributed by atoms with E-state index in [2.05, 4.69) is 46.3 Å². The average molecular weight is 404 g/mol. The van der Waals surface area contributed by atoms with Crippen molar-refractivity contribution in [2.24, 2.45) is 4.99 Å². The molecule has 0 atom stereocenters. The number of rotatable bonds is 5. The van der Waals surface area contributed by atoms with E-state index in [0.717, 1.165) is 51.9 Å². The lowest BCUT2D eigenvalue weighted by molar-refractivity contribution is 0.0914. The van der Waals surface area contributed by atoms with Crippen LogP contribution in [-0.2, 0) is 16.0 Å². The van der Waals surface area contributed by atoms with Gasteiger partial charge in [-0.2, -0.15) is 0 Å².